The average Bonchev–Trinajstić information content (AvgIpc) is 2.79. The smallest absolute Gasteiger partial charge is 0.264 e. The molecule has 2 heterocycles. The van der Waals surface area contributed by atoms with E-state index in [9.17, 15) is 8.42 Å². The fraction of sp³-hybridized carbons (Fsp3) is 0.520. The first-order valence-corrected chi connectivity index (χ1v) is 14.0. The number of ether oxygens (including phenoxy) is 1. The second-order valence-corrected chi connectivity index (χ2v) is 11.8. The van der Waals surface area contributed by atoms with Crippen LogP contribution in [0.5, 0.6) is 5.75 Å². The van der Waals surface area contributed by atoms with E-state index in [0.29, 0.717) is 10.8 Å². The maximum atomic E-state index is 13.6. The number of anilines is 1. The van der Waals surface area contributed by atoms with Gasteiger partial charge in [-0.05, 0) is 105 Å². The number of fused-ring (bicyclic) bond motifs is 1. The van der Waals surface area contributed by atoms with Crippen LogP contribution < -0.4 is 9.04 Å². The van der Waals surface area contributed by atoms with Crippen LogP contribution in [0.15, 0.2) is 47.4 Å². The lowest BCUT2D eigenvalue weighted by atomic mass is 9.96. The molecule has 4 nitrogen and oxygen atoms in total. The largest absolute Gasteiger partial charge is 0.490 e. The van der Waals surface area contributed by atoms with Crippen molar-refractivity contribution in [3.63, 3.8) is 0 Å². The van der Waals surface area contributed by atoms with Gasteiger partial charge in [-0.1, -0.05) is 19.1 Å². The topological polar surface area (TPSA) is 46.6 Å². The summed E-state index contributed by atoms with van der Waals surface area (Å²) >= 11 is 2.01. The first-order chi connectivity index (χ1) is 14.9. The van der Waals surface area contributed by atoms with Crippen LogP contribution in [0.3, 0.4) is 0 Å². The molecule has 1 fully saturated rings. The highest BCUT2D eigenvalue weighted by Crippen LogP contribution is 2.36. The molecule has 2 aromatic carbocycles. The van der Waals surface area contributed by atoms with Crippen LogP contribution in [0.1, 0.15) is 51.2 Å². The summed E-state index contributed by atoms with van der Waals surface area (Å²) in [6, 6.07) is 13.1. The summed E-state index contributed by atoms with van der Waals surface area (Å²) in [7, 11) is -3.63. The zero-order valence-corrected chi connectivity index (χ0v) is 20.3. The molecule has 4 rings (SSSR count). The maximum Gasteiger partial charge on any atom is 0.264 e. The molecule has 2 aliphatic rings. The van der Waals surface area contributed by atoms with Crippen LogP contribution in [0, 0.1) is 5.92 Å². The molecular weight excluding hydrogens is 426 g/mol. The summed E-state index contributed by atoms with van der Waals surface area (Å²) in [6.45, 7) is 6.25. The first kappa shape index (κ1) is 22.5. The molecule has 31 heavy (non-hydrogen) atoms. The standard InChI is InChI=1S/C25H33NO3S2/c1-4-20-6-12-25-22(17-20)7-5-18(2)26(25)31(27,28)24-10-8-23(9-11-24)29-19(3)21-13-15-30-16-14-21/h6,8-12,17-19,21H,4-5,7,13-16H2,1-3H3/t18?,19-/m0/s1. The molecule has 2 atom stereocenters. The van der Waals surface area contributed by atoms with Gasteiger partial charge < -0.3 is 4.74 Å². The van der Waals surface area contributed by atoms with Gasteiger partial charge in [0.1, 0.15) is 5.75 Å². The molecule has 2 aromatic rings. The third kappa shape index (κ3) is 4.75. The van der Waals surface area contributed by atoms with Crippen LogP contribution in [0.4, 0.5) is 5.69 Å². The molecule has 0 N–H and O–H groups in total. The van der Waals surface area contributed by atoms with E-state index in [1.807, 2.05) is 30.8 Å². The van der Waals surface area contributed by atoms with Gasteiger partial charge in [0.25, 0.3) is 10.0 Å². The number of nitrogens with zero attached hydrogens (tertiary/aromatic N) is 1. The van der Waals surface area contributed by atoms with Gasteiger partial charge in [-0.15, -0.1) is 0 Å². The molecule has 2 aliphatic heterocycles. The number of rotatable bonds is 6. The fourth-order valence-corrected chi connectivity index (χ4v) is 7.53. The summed E-state index contributed by atoms with van der Waals surface area (Å²) in [5.41, 5.74) is 3.19. The van der Waals surface area contributed by atoms with Gasteiger partial charge in [-0.2, -0.15) is 11.8 Å². The van der Waals surface area contributed by atoms with E-state index >= 15 is 0 Å². The van der Waals surface area contributed by atoms with Gasteiger partial charge >= 0.3 is 0 Å². The van der Waals surface area contributed by atoms with Gasteiger partial charge in [0.05, 0.1) is 16.7 Å². The number of sulfonamides is 1. The SMILES string of the molecule is CCc1ccc2c(c1)CCC(C)N2S(=O)(=O)c1ccc(O[C@@H](C)C2CCSCC2)cc1. The summed E-state index contributed by atoms with van der Waals surface area (Å²) in [5, 5.41) is 0. The van der Waals surface area contributed by atoms with Gasteiger partial charge in [0, 0.05) is 6.04 Å². The van der Waals surface area contributed by atoms with Crippen molar-refractivity contribution in [3.8, 4) is 5.75 Å². The Morgan fingerprint density at radius 1 is 1.10 bits per heavy atom. The third-order valence-electron chi connectivity index (χ3n) is 6.65. The zero-order chi connectivity index (χ0) is 22.0. The van der Waals surface area contributed by atoms with E-state index in [2.05, 4.69) is 19.9 Å². The van der Waals surface area contributed by atoms with Gasteiger partial charge in [-0.25, -0.2) is 8.42 Å². The predicted molar refractivity (Wildman–Crippen MR) is 130 cm³/mol. The minimum absolute atomic E-state index is 0.0647. The van der Waals surface area contributed by atoms with Gasteiger partial charge in [0.2, 0.25) is 0 Å². The lowest BCUT2D eigenvalue weighted by molar-refractivity contribution is 0.144. The number of hydrogen-bond acceptors (Lipinski definition) is 4. The Kier molecular flexibility index (Phi) is 6.87. The highest BCUT2D eigenvalue weighted by Gasteiger charge is 2.34. The van der Waals surface area contributed by atoms with E-state index < -0.39 is 10.0 Å². The monoisotopic (exact) mass is 459 g/mol. The maximum absolute atomic E-state index is 13.6. The molecule has 0 radical (unpaired) electrons. The Labute approximate surface area is 191 Å². The van der Waals surface area contributed by atoms with Crippen LogP contribution in [0.2, 0.25) is 0 Å². The molecule has 0 spiro atoms. The Morgan fingerprint density at radius 3 is 2.48 bits per heavy atom. The van der Waals surface area contributed by atoms with Crippen molar-refractivity contribution < 1.29 is 13.2 Å². The summed E-state index contributed by atoms with van der Waals surface area (Å²) in [5.74, 6) is 3.71. The second-order valence-electron chi connectivity index (χ2n) is 8.75. The molecule has 1 saturated heterocycles. The Hall–Kier alpha value is -1.66. The molecule has 0 aromatic heterocycles. The molecule has 0 aliphatic carbocycles. The second kappa shape index (κ2) is 9.45. The highest BCUT2D eigenvalue weighted by molar-refractivity contribution is 7.99. The minimum atomic E-state index is -3.63. The number of hydrogen-bond donors (Lipinski definition) is 0. The van der Waals surface area contributed by atoms with Crippen molar-refractivity contribution in [1.82, 2.24) is 0 Å². The molecule has 0 amide bonds. The normalized spacial score (nSPS) is 20.9. The van der Waals surface area contributed by atoms with Crippen molar-refractivity contribution >= 4 is 27.5 Å². The number of aryl methyl sites for hydroxylation is 2. The van der Waals surface area contributed by atoms with Crippen molar-refractivity contribution in [2.75, 3.05) is 15.8 Å². The van der Waals surface area contributed by atoms with E-state index in [4.69, 9.17) is 4.74 Å². The fourth-order valence-electron chi connectivity index (χ4n) is 4.66. The molecule has 168 valence electrons. The van der Waals surface area contributed by atoms with E-state index in [1.54, 1.807) is 28.6 Å². The van der Waals surface area contributed by atoms with Crippen molar-refractivity contribution in [2.24, 2.45) is 5.92 Å². The number of thioether (sulfide) groups is 1. The van der Waals surface area contributed by atoms with Crippen LogP contribution in [-0.2, 0) is 22.9 Å². The van der Waals surface area contributed by atoms with Gasteiger partial charge in [0.15, 0.2) is 0 Å². The predicted octanol–water partition coefficient (Wildman–Crippen LogP) is 5.69. The van der Waals surface area contributed by atoms with Crippen LogP contribution in [0.25, 0.3) is 0 Å². The van der Waals surface area contributed by atoms with Crippen molar-refractivity contribution in [3.05, 3.63) is 53.6 Å². The van der Waals surface area contributed by atoms with Gasteiger partial charge in [-0.3, -0.25) is 4.31 Å². The lowest BCUT2D eigenvalue weighted by Crippen LogP contribution is -2.42. The third-order valence-corrected chi connectivity index (χ3v) is 9.64. The van der Waals surface area contributed by atoms with Crippen LogP contribution in [-0.4, -0.2) is 32.1 Å². The molecule has 0 saturated carbocycles. The highest BCUT2D eigenvalue weighted by atomic mass is 32.2. The van der Waals surface area contributed by atoms with E-state index in [1.165, 1.54) is 29.9 Å². The lowest BCUT2D eigenvalue weighted by Gasteiger charge is -2.36. The minimum Gasteiger partial charge on any atom is -0.490 e. The van der Waals surface area contributed by atoms with Crippen molar-refractivity contribution in [1.29, 1.82) is 0 Å². The Balaban J connectivity index is 1.55. The summed E-state index contributed by atoms with van der Waals surface area (Å²) in [4.78, 5) is 0.320. The quantitative estimate of drug-likeness (QED) is 0.557. The summed E-state index contributed by atoms with van der Waals surface area (Å²) in [6.07, 6.45) is 5.22. The van der Waals surface area contributed by atoms with E-state index in [-0.39, 0.29) is 12.1 Å². The van der Waals surface area contributed by atoms with E-state index in [0.717, 1.165) is 36.3 Å². The summed E-state index contributed by atoms with van der Waals surface area (Å²) < 4.78 is 34.9. The average molecular weight is 460 g/mol. The zero-order valence-electron chi connectivity index (χ0n) is 18.7. The number of benzene rings is 2. The molecule has 1 unspecified atom stereocenters. The molecule has 0 bridgehead atoms. The first-order valence-electron chi connectivity index (χ1n) is 11.4. The molecule has 6 heteroatoms. The van der Waals surface area contributed by atoms with Crippen LogP contribution >= 0.6 is 11.8 Å². The van der Waals surface area contributed by atoms with Crippen molar-refractivity contribution in [2.45, 2.75) is 69.9 Å². The Bertz CT molecular complexity index is 998. The molecular formula is C25H33NO3S2. The Morgan fingerprint density at radius 2 is 1.81 bits per heavy atom.